The zero-order valence-corrected chi connectivity index (χ0v) is 27.5. The summed E-state index contributed by atoms with van der Waals surface area (Å²) in [6.45, 7) is 12.3. The minimum Gasteiger partial charge on any atom is -0.478 e. The summed E-state index contributed by atoms with van der Waals surface area (Å²) in [5.74, 6) is -0.656. The highest BCUT2D eigenvalue weighted by atomic mass is 16.5. The van der Waals surface area contributed by atoms with Gasteiger partial charge in [0, 0.05) is 61.2 Å². The molecule has 0 saturated carbocycles. The molecule has 9 nitrogen and oxygen atoms in total. The monoisotopic (exact) mass is 628 g/mol. The second kappa shape index (κ2) is 16.3. The predicted molar refractivity (Wildman–Crippen MR) is 179 cm³/mol. The molecule has 2 aromatic carbocycles. The molecule has 1 heterocycles. The van der Waals surface area contributed by atoms with Crippen LogP contribution >= 0.6 is 0 Å². The highest BCUT2D eigenvalue weighted by molar-refractivity contribution is 6.09. The molecule has 1 aliphatic carbocycles. The molecule has 0 spiro atoms. The molecule has 1 aliphatic heterocycles. The van der Waals surface area contributed by atoms with Crippen LogP contribution in [0.2, 0.25) is 0 Å². The average Bonchev–Trinajstić information content (AvgIpc) is 3.01. The molecule has 0 saturated heterocycles. The number of fused-ring (bicyclic) bond motifs is 2. The molecule has 0 fully saturated rings. The molecule has 46 heavy (non-hydrogen) atoms. The maximum Gasteiger partial charge on any atom is 0.336 e. The number of ketones is 1. The van der Waals surface area contributed by atoms with Crippen molar-refractivity contribution in [2.24, 2.45) is 4.99 Å². The van der Waals surface area contributed by atoms with Crippen LogP contribution in [0.25, 0.3) is 33.4 Å². The van der Waals surface area contributed by atoms with Crippen LogP contribution in [0.4, 0.5) is 0 Å². The second-order valence-electron chi connectivity index (χ2n) is 11.4. The Morgan fingerprint density at radius 3 is 2.37 bits per heavy atom. The van der Waals surface area contributed by atoms with Crippen LogP contribution in [-0.4, -0.2) is 62.3 Å². The summed E-state index contributed by atoms with van der Waals surface area (Å²) < 4.78 is 17.5. The van der Waals surface area contributed by atoms with E-state index in [1.807, 2.05) is 26.0 Å². The van der Waals surface area contributed by atoms with Crippen LogP contribution < -0.4 is 10.7 Å². The Balaban J connectivity index is 1.67. The molecule has 244 valence electrons. The van der Waals surface area contributed by atoms with E-state index in [1.54, 1.807) is 12.1 Å². The predicted octanol–water partition coefficient (Wildman–Crippen LogP) is 6.52. The largest absolute Gasteiger partial charge is 0.478 e. The van der Waals surface area contributed by atoms with E-state index in [1.165, 1.54) is 18.6 Å². The Morgan fingerprint density at radius 2 is 1.67 bits per heavy atom. The maximum absolute atomic E-state index is 13.3. The quantitative estimate of drug-likeness (QED) is 0.0821. The molecule has 9 heteroatoms. The molecule has 0 bridgehead atoms. The minimum absolute atomic E-state index is 0.0933. The highest BCUT2D eigenvalue weighted by Gasteiger charge is 2.24. The lowest BCUT2D eigenvalue weighted by Gasteiger charge is -2.19. The lowest BCUT2D eigenvalue weighted by Crippen LogP contribution is -2.24. The number of rotatable bonds is 16. The van der Waals surface area contributed by atoms with E-state index < -0.39 is 5.97 Å². The molecule has 0 atom stereocenters. The van der Waals surface area contributed by atoms with Crippen molar-refractivity contribution in [2.75, 3.05) is 39.5 Å². The molecular weight excluding hydrogens is 584 g/mol. The van der Waals surface area contributed by atoms with Crippen molar-refractivity contribution < 1.29 is 33.4 Å². The smallest absolute Gasteiger partial charge is 0.336 e. The number of nitrogens with one attached hydrogen (secondary N) is 1. The maximum atomic E-state index is 13.3. The molecule has 2 aliphatic rings. The molecule has 4 rings (SSSR count). The Labute approximate surface area is 270 Å². The van der Waals surface area contributed by atoms with Gasteiger partial charge in [0.2, 0.25) is 5.91 Å². The Bertz CT molecular complexity index is 1760. The highest BCUT2D eigenvalue weighted by Crippen LogP contribution is 2.43. The van der Waals surface area contributed by atoms with Crippen molar-refractivity contribution in [3.63, 3.8) is 0 Å². The van der Waals surface area contributed by atoms with Crippen LogP contribution in [0.5, 0.6) is 0 Å². The first-order valence-corrected chi connectivity index (χ1v) is 16.0. The van der Waals surface area contributed by atoms with E-state index in [-0.39, 0.29) is 23.7 Å². The van der Waals surface area contributed by atoms with E-state index >= 15 is 0 Å². The third-order valence-electron chi connectivity index (χ3n) is 7.87. The number of carbonyl (C=O) groups is 3. The van der Waals surface area contributed by atoms with Crippen LogP contribution in [0.1, 0.15) is 77.4 Å². The number of ether oxygens (including phenoxy) is 2. The fraction of sp³-hybridized carbons (Fsp3) is 0.405. The van der Waals surface area contributed by atoms with Gasteiger partial charge in [-0.1, -0.05) is 19.4 Å². The van der Waals surface area contributed by atoms with Gasteiger partial charge in [-0.15, -0.1) is 0 Å². The van der Waals surface area contributed by atoms with Gasteiger partial charge in [-0.25, -0.2) is 4.79 Å². The number of carboxylic acid groups (broad SMARTS) is 1. The summed E-state index contributed by atoms with van der Waals surface area (Å²) in [6, 6.07) is 12.9. The van der Waals surface area contributed by atoms with Crippen molar-refractivity contribution in [3.05, 3.63) is 75.6 Å². The zero-order valence-electron chi connectivity index (χ0n) is 27.5. The topological polar surface area (TPSA) is 127 Å². The van der Waals surface area contributed by atoms with Crippen molar-refractivity contribution in [1.29, 1.82) is 0 Å². The van der Waals surface area contributed by atoms with Gasteiger partial charge >= 0.3 is 5.97 Å². The van der Waals surface area contributed by atoms with Crippen molar-refractivity contribution in [2.45, 2.75) is 60.3 Å². The van der Waals surface area contributed by atoms with E-state index in [0.717, 1.165) is 45.8 Å². The second-order valence-corrected chi connectivity index (χ2v) is 11.4. The van der Waals surface area contributed by atoms with E-state index in [9.17, 15) is 19.5 Å². The summed E-state index contributed by atoms with van der Waals surface area (Å²) in [5, 5.41) is 14.6. The number of Topliss-reactive ketones (excluding diaryl/α,β-unsaturated/α-hetero) is 1. The van der Waals surface area contributed by atoms with Gasteiger partial charge in [0.15, 0.2) is 5.78 Å². The third-order valence-corrected chi connectivity index (χ3v) is 7.87. The van der Waals surface area contributed by atoms with E-state index in [0.29, 0.717) is 68.4 Å². The number of amides is 1. The number of hydrogen-bond donors (Lipinski definition) is 2. The molecule has 2 aromatic rings. The van der Waals surface area contributed by atoms with Gasteiger partial charge in [0.1, 0.15) is 11.3 Å². The lowest BCUT2D eigenvalue weighted by molar-refractivity contribution is -0.119. The summed E-state index contributed by atoms with van der Waals surface area (Å²) in [6.07, 6.45) is 2.65. The molecular formula is C37H44N2O7. The summed E-state index contributed by atoms with van der Waals surface area (Å²) in [4.78, 5) is 41.4. The van der Waals surface area contributed by atoms with Crippen molar-refractivity contribution in [1.82, 2.24) is 5.32 Å². The summed E-state index contributed by atoms with van der Waals surface area (Å²) in [5.41, 5.74) is 6.40. The molecule has 1 amide bonds. The van der Waals surface area contributed by atoms with Crippen LogP contribution in [-0.2, 0) is 20.7 Å². The first kappa shape index (κ1) is 34.5. The lowest BCUT2D eigenvalue weighted by atomic mass is 9.87. The normalized spacial score (nSPS) is 11.8. The Hall–Kier alpha value is -4.34. The fourth-order valence-electron chi connectivity index (χ4n) is 5.61. The van der Waals surface area contributed by atoms with Crippen LogP contribution in [0.3, 0.4) is 0 Å². The van der Waals surface area contributed by atoms with Crippen molar-refractivity contribution >= 4 is 28.6 Å². The molecule has 0 aromatic heterocycles. The third kappa shape index (κ3) is 8.47. The first-order chi connectivity index (χ1) is 22.1. The van der Waals surface area contributed by atoms with Gasteiger partial charge in [-0.2, -0.15) is 0 Å². The van der Waals surface area contributed by atoms with Gasteiger partial charge in [0.05, 0.1) is 30.7 Å². The zero-order chi connectivity index (χ0) is 33.2. The minimum atomic E-state index is -1.07. The molecule has 2 N–H and O–H groups in total. The van der Waals surface area contributed by atoms with Crippen LogP contribution in [0.15, 0.2) is 51.9 Å². The fourth-order valence-corrected chi connectivity index (χ4v) is 5.61. The SMILES string of the molecule is CCCc1cc2oc3cc(=NCC)c(C)cc-3c(-c3cc(C(=O)CCCOCCOCCNC(C)=O)ccc3C(=O)O)c2cc1C. The van der Waals surface area contributed by atoms with Crippen molar-refractivity contribution in [3.8, 4) is 22.5 Å². The summed E-state index contributed by atoms with van der Waals surface area (Å²) in [7, 11) is 0. The number of aryl methyl sites for hydroxylation is 3. The Kier molecular flexibility index (Phi) is 12.2. The first-order valence-electron chi connectivity index (χ1n) is 16.0. The molecule has 0 unspecified atom stereocenters. The Morgan fingerprint density at radius 1 is 0.913 bits per heavy atom. The molecule has 0 radical (unpaired) electrons. The standard InChI is InChI=1S/C37H44N2O7/c1-6-9-26-21-34-30(18-23(26)3)36(31-19-24(4)32(38-7-2)22-35(31)46-34)29-20-27(11-12-28(29)37(42)43)33(41)10-8-14-44-16-17-45-15-13-39-25(5)40/h11-12,18-22H,6-10,13-17H2,1-5H3,(H,39,40)(H,42,43). The van der Waals surface area contributed by atoms with Gasteiger partial charge in [0.25, 0.3) is 0 Å². The average molecular weight is 629 g/mol. The van der Waals surface area contributed by atoms with Crippen LogP contribution in [0, 0.1) is 13.8 Å². The number of benzene rings is 3. The van der Waals surface area contributed by atoms with E-state index in [2.05, 4.69) is 36.3 Å². The number of aromatic carboxylic acids is 1. The van der Waals surface area contributed by atoms with Gasteiger partial charge < -0.3 is 24.3 Å². The van der Waals surface area contributed by atoms with Gasteiger partial charge in [-0.3, -0.25) is 14.6 Å². The number of carbonyl (C=O) groups excluding carboxylic acids is 2. The summed E-state index contributed by atoms with van der Waals surface area (Å²) >= 11 is 0. The van der Waals surface area contributed by atoms with Gasteiger partial charge in [-0.05, 0) is 86.2 Å². The van der Waals surface area contributed by atoms with E-state index in [4.69, 9.17) is 13.9 Å². The number of nitrogens with zero attached hydrogens (tertiary/aromatic N) is 1. The number of carboxylic acids is 1. The number of hydrogen-bond acceptors (Lipinski definition) is 7.